The quantitative estimate of drug-likeness (QED) is 0.741. The maximum Gasteiger partial charge on any atom is 0.234 e. The Morgan fingerprint density at radius 1 is 1.17 bits per heavy atom. The molecular weight excluding hydrogens is 392 g/mol. The molecule has 2 aromatic rings. The molecule has 2 aromatic carbocycles. The number of sulfone groups is 1. The van der Waals surface area contributed by atoms with Crippen molar-refractivity contribution in [2.45, 2.75) is 24.0 Å². The van der Waals surface area contributed by atoms with Gasteiger partial charge in [0.2, 0.25) is 5.91 Å². The molecule has 156 valence electrons. The molecule has 2 unspecified atom stereocenters. The predicted octanol–water partition coefficient (Wildman–Crippen LogP) is 2.04. The fraction of sp³-hybridized carbons (Fsp3) is 0.381. The molecule has 0 aliphatic carbocycles. The molecule has 1 aliphatic rings. The van der Waals surface area contributed by atoms with E-state index >= 15 is 0 Å². The Morgan fingerprint density at radius 2 is 1.83 bits per heavy atom. The summed E-state index contributed by atoms with van der Waals surface area (Å²) in [6.07, 6.45) is 0.946. The van der Waals surface area contributed by atoms with E-state index in [1.165, 1.54) is 6.26 Å². The van der Waals surface area contributed by atoms with Crippen LogP contribution in [-0.4, -0.2) is 58.3 Å². The van der Waals surface area contributed by atoms with Gasteiger partial charge in [0.1, 0.15) is 12.7 Å². The molecule has 29 heavy (non-hydrogen) atoms. The van der Waals surface area contributed by atoms with E-state index in [9.17, 15) is 13.2 Å². The minimum atomic E-state index is -3.22. The number of nitrogens with one attached hydrogen (secondary N) is 1. The number of hydrogen-bond acceptors (Lipinski definition) is 6. The summed E-state index contributed by atoms with van der Waals surface area (Å²) >= 11 is 0. The molecule has 0 saturated carbocycles. The molecule has 0 radical (unpaired) electrons. The minimum Gasteiger partial charge on any atom is -0.486 e. The lowest BCUT2D eigenvalue weighted by Crippen LogP contribution is -2.44. The van der Waals surface area contributed by atoms with Crippen molar-refractivity contribution in [3.8, 4) is 11.5 Å². The van der Waals surface area contributed by atoms with Gasteiger partial charge in [0.15, 0.2) is 21.3 Å². The lowest BCUT2D eigenvalue weighted by Gasteiger charge is -2.27. The molecule has 8 heteroatoms. The largest absolute Gasteiger partial charge is 0.486 e. The van der Waals surface area contributed by atoms with Gasteiger partial charge in [0, 0.05) is 12.3 Å². The second kappa shape index (κ2) is 8.84. The van der Waals surface area contributed by atoms with E-state index in [4.69, 9.17) is 9.47 Å². The first kappa shape index (κ1) is 21.1. The summed E-state index contributed by atoms with van der Waals surface area (Å²) < 4.78 is 34.7. The van der Waals surface area contributed by atoms with Crippen LogP contribution in [-0.2, 0) is 14.6 Å². The number of fused-ring (bicyclic) bond motifs is 1. The third-order valence-electron chi connectivity index (χ3n) is 4.94. The third-order valence-corrected chi connectivity index (χ3v) is 6.07. The lowest BCUT2D eigenvalue weighted by atomic mass is 10.1. The van der Waals surface area contributed by atoms with Gasteiger partial charge >= 0.3 is 0 Å². The first-order valence-electron chi connectivity index (χ1n) is 9.39. The van der Waals surface area contributed by atoms with Crippen LogP contribution in [0.1, 0.15) is 18.5 Å². The van der Waals surface area contributed by atoms with Crippen molar-refractivity contribution in [3.63, 3.8) is 0 Å². The van der Waals surface area contributed by atoms with Crippen molar-refractivity contribution in [1.29, 1.82) is 0 Å². The van der Waals surface area contributed by atoms with Gasteiger partial charge in [0.25, 0.3) is 0 Å². The van der Waals surface area contributed by atoms with Crippen LogP contribution in [0, 0.1) is 0 Å². The maximum atomic E-state index is 12.3. The molecule has 3 rings (SSSR count). The summed E-state index contributed by atoms with van der Waals surface area (Å²) in [7, 11) is -1.37. The number of rotatable bonds is 7. The average Bonchev–Trinajstić information content (AvgIpc) is 2.71. The van der Waals surface area contributed by atoms with Gasteiger partial charge in [-0.25, -0.2) is 8.42 Å². The summed E-state index contributed by atoms with van der Waals surface area (Å²) in [4.78, 5) is 14.5. The summed E-state index contributed by atoms with van der Waals surface area (Å²) in [5.74, 6) is 1.28. The fourth-order valence-corrected chi connectivity index (χ4v) is 3.69. The zero-order chi connectivity index (χ0) is 21.0. The third kappa shape index (κ3) is 5.48. The molecule has 1 heterocycles. The van der Waals surface area contributed by atoms with Crippen LogP contribution in [0.3, 0.4) is 0 Å². The van der Waals surface area contributed by atoms with E-state index in [1.807, 2.05) is 43.1 Å². The zero-order valence-electron chi connectivity index (χ0n) is 16.8. The van der Waals surface area contributed by atoms with Gasteiger partial charge in [-0.05, 0) is 43.8 Å². The van der Waals surface area contributed by atoms with Crippen molar-refractivity contribution >= 4 is 15.7 Å². The number of ether oxygens (including phenoxy) is 2. The fourth-order valence-electron chi connectivity index (χ4n) is 3.06. The van der Waals surface area contributed by atoms with Crippen LogP contribution in [0.25, 0.3) is 0 Å². The summed E-state index contributed by atoms with van der Waals surface area (Å²) in [5, 5.41) is 2.88. The van der Waals surface area contributed by atoms with Crippen molar-refractivity contribution in [3.05, 3.63) is 54.1 Å². The van der Waals surface area contributed by atoms with Gasteiger partial charge in [-0.15, -0.1) is 0 Å². The Bertz CT molecular complexity index is 959. The van der Waals surface area contributed by atoms with Crippen LogP contribution < -0.4 is 14.8 Å². The van der Waals surface area contributed by atoms with Crippen LogP contribution in [0.2, 0.25) is 0 Å². The highest BCUT2D eigenvalue weighted by Crippen LogP contribution is 2.30. The number of para-hydroxylation sites is 2. The molecule has 0 aromatic heterocycles. The van der Waals surface area contributed by atoms with Crippen LogP contribution in [0.5, 0.6) is 11.5 Å². The van der Waals surface area contributed by atoms with E-state index in [2.05, 4.69) is 5.32 Å². The molecule has 0 spiro atoms. The molecule has 2 atom stereocenters. The van der Waals surface area contributed by atoms with Gasteiger partial charge < -0.3 is 14.8 Å². The Kier molecular flexibility index (Phi) is 6.44. The molecule has 7 nitrogen and oxygen atoms in total. The molecular formula is C21H26N2O5S. The molecule has 1 aliphatic heterocycles. The topological polar surface area (TPSA) is 84.9 Å². The molecule has 1 amide bonds. The van der Waals surface area contributed by atoms with Gasteiger partial charge in [-0.3, -0.25) is 9.69 Å². The smallest absolute Gasteiger partial charge is 0.234 e. The number of amides is 1. The first-order chi connectivity index (χ1) is 13.7. The number of carbonyl (C=O) groups is 1. The lowest BCUT2D eigenvalue weighted by molar-refractivity contribution is -0.122. The van der Waals surface area contributed by atoms with Gasteiger partial charge in [0.05, 0.1) is 18.0 Å². The van der Waals surface area contributed by atoms with Crippen LogP contribution in [0.15, 0.2) is 53.4 Å². The van der Waals surface area contributed by atoms with Crippen LogP contribution in [0.4, 0.5) is 0 Å². The second-order valence-corrected chi connectivity index (χ2v) is 9.25. The maximum absolute atomic E-state index is 12.3. The molecule has 0 fully saturated rings. The Balaban J connectivity index is 1.49. The first-order valence-corrected chi connectivity index (χ1v) is 11.3. The van der Waals surface area contributed by atoms with E-state index in [1.54, 1.807) is 24.3 Å². The highest BCUT2D eigenvalue weighted by Gasteiger charge is 2.22. The summed E-state index contributed by atoms with van der Waals surface area (Å²) in [5.41, 5.74) is 0.938. The second-order valence-electron chi connectivity index (χ2n) is 7.23. The van der Waals surface area contributed by atoms with E-state index in [0.29, 0.717) is 24.7 Å². The standard InChI is InChI=1S/C21H26N2O5S/c1-15(16-8-10-18(11-9-16)29(3,25)26)23(2)13-21(24)22-12-17-14-27-19-6-4-5-7-20(19)28-17/h4-11,15,17H,12-14H2,1-3H3,(H,22,24). The van der Waals surface area contributed by atoms with Crippen molar-refractivity contribution in [2.24, 2.45) is 0 Å². The Hall–Kier alpha value is -2.58. The SMILES string of the molecule is CC(c1ccc(S(C)(=O)=O)cc1)N(C)CC(=O)NCC1COc2ccccc2O1. The number of hydrogen-bond donors (Lipinski definition) is 1. The Labute approximate surface area is 171 Å². The highest BCUT2D eigenvalue weighted by molar-refractivity contribution is 7.90. The monoisotopic (exact) mass is 418 g/mol. The molecule has 1 N–H and O–H groups in total. The number of benzene rings is 2. The van der Waals surface area contributed by atoms with E-state index in [0.717, 1.165) is 5.56 Å². The average molecular weight is 419 g/mol. The molecule has 0 bridgehead atoms. The normalized spacial score (nSPS) is 17.0. The molecule has 0 saturated heterocycles. The van der Waals surface area contributed by atoms with Crippen molar-refractivity contribution < 1.29 is 22.7 Å². The van der Waals surface area contributed by atoms with Crippen molar-refractivity contribution in [1.82, 2.24) is 10.2 Å². The van der Waals surface area contributed by atoms with Crippen LogP contribution >= 0.6 is 0 Å². The van der Waals surface area contributed by atoms with Crippen molar-refractivity contribution in [2.75, 3.05) is 33.0 Å². The number of likely N-dealkylation sites (N-methyl/N-ethyl adjacent to an activating group) is 1. The number of carbonyl (C=O) groups excluding carboxylic acids is 1. The van der Waals surface area contributed by atoms with Gasteiger partial charge in [-0.1, -0.05) is 24.3 Å². The predicted molar refractivity (Wildman–Crippen MR) is 110 cm³/mol. The van der Waals surface area contributed by atoms with Gasteiger partial charge in [-0.2, -0.15) is 0 Å². The summed E-state index contributed by atoms with van der Waals surface area (Å²) in [6.45, 7) is 2.92. The Morgan fingerprint density at radius 3 is 2.48 bits per heavy atom. The number of nitrogens with zero attached hydrogens (tertiary/aromatic N) is 1. The van der Waals surface area contributed by atoms with E-state index < -0.39 is 9.84 Å². The zero-order valence-corrected chi connectivity index (χ0v) is 17.6. The highest BCUT2D eigenvalue weighted by atomic mass is 32.2. The van der Waals surface area contributed by atoms with E-state index in [-0.39, 0.29) is 29.5 Å². The minimum absolute atomic E-state index is 0.0458. The summed E-state index contributed by atoms with van der Waals surface area (Å²) in [6, 6.07) is 14.1.